The van der Waals surface area contributed by atoms with Crippen molar-refractivity contribution in [2.24, 2.45) is 11.8 Å². The third-order valence-electron chi connectivity index (χ3n) is 3.91. The zero-order chi connectivity index (χ0) is 14.8. The summed E-state index contributed by atoms with van der Waals surface area (Å²) in [6.07, 6.45) is 1.04. The van der Waals surface area contributed by atoms with Crippen LogP contribution in [0.15, 0.2) is 21.6 Å². The van der Waals surface area contributed by atoms with Crippen molar-refractivity contribution in [3.8, 4) is 0 Å². The molecule has 1 aromatic heterocycles. The van der Waals surface area contributed by atoms with E-state index in [4.69, 9.17) is 4.42 Å². The maximum Gasteiger partial charge on any atom is 0.276 e. The van der Waals surface area contributed by atoms with E-state index in [1.165, 1.54) is 4.31 Å². The molecule has 2 unspecified atom stereocenters. The van der Waals surface area contributed by atoms with E-state index in [0.717, 1.165) is 13.0 Å². The molecular weight excluding hydrogens is 276 g/mol. The molecule has 0 amide bonds. The number of hydrogen-bond acceptors (Lipinski definition) is 4. The Morgan fingerprint density at radius 2 is 1.95 bits per heavy atom. The van der Waals surface area contributed by atoms with E-state index in [1.807, 2.05) is 0 Å². The zero-order valence-corrected chi connectivity index (χ0v) is 13.2. The largest absolute Gasteiger partial charge is 0.447 e. The summed E-state index contributed by atoms with van der Waals surface area (Å²) in [5, 5.41) is 3.26. The lowest BCUT2D eigenvalue weighted by Crippen LogP contribution is -2.28. The van der Waals surface area contributed by atoms with Gasteiger partial charge in [-0.3, -0.25) is 0 Å². The molecule has 1 aromatic rings. The highest BCUT2D eigenvalue weighted by atomic mass is 32.2. The Morgan fingerprint density at radius 3 is 2.55 bits per heavy atom. The summed E-state index contributed by atoms with van der Waals surface area (Å²) in [5.74, 6) is 1.45. The first-order valence-corrected chi connectivity index (χ1v) is 8.68. The first-order chi connectivity index (χ1) is 9.45. The predicted molar refractivity (Wildman–Crippen MR) is 77.8 cm³/mol. The van der Waals surface area contributed by atoms with Gasteiger partial charge < -0.3 is 9.73 Å². The minimum atomic E-state index is -3.48. The molecule has 20 heavy (non-hydrogen) atoms. The van der Waals surface area contributed by atoms with Gasteiger partial charge in [0.1, 0.15) is 5.76 Å². The molecule has 1 aliphatic rings. The molecule has 2 heterocycles. The molecule has 0 aliphatic carbocycles. The van der Waals surface area contributed by atoms with E-state index in [2.05, 4.69) is 26.1 Å². The molecule has 5 nitrogen and oxygen atoms in total. The normalized spacial score (nSPS) is 24.4. The van der Waals surface area contributed by atoms with Gasteiger partial charge in [-0.2, -0.15) is 4.31 Å². The number of sulfonamides is 1. The fourth-order valence-corrected chi connectivity index (χ4v) is 3.95. The van der Waals surface area contributed by atoms with E-state index in [0.29, 0.717) is 37.2 Å². The first kappa shape index (κ1) is 15.5. The smallest absolute Gasteiger partial charge is 0.276 e. The van der Waals surface area contributed by atoms with Crippen LogP contribution in [0.3, 0.4) is 0 Å². The molecule has 1 fully saturated rings. The quantitative estimate of drug-likeness (QED) is 0.817. The molecule has 2 atom stereocenters. The fraction of sp³-hybridized carbons (Fsp3) is 0.714. The van der Waals surface area contributed by atoms with E-state index in [1.54, 1.807) is 12.1 Å². The van der Waals surface area contributed by atoms with Gasteiger partial charge in [-0.1, -0.05) is 20.8 Å². The molecule has 1 saturated heterocycles. The average Bonchev–Trinajstić information content (AvgIpc) is 2.99. The summed E-state index contributed by atoms with van der Waals surface area (Å²) in [7, 11) is -3.48. The molecule has 0 aromatic carbocycles. The van der Waals surface area contributed by atoms with Gasteiger partial charge in [-0.05, 0) is 36.9 Å². The van der Waals surface area contributed by atoms with Crippen molar-refractivity contribution >= 4 is 10.0 Å². The average molecular weight is 300 g/mol. The van der Waals surface area contributed by atoms with E-state index in [-0.39, 0.29) is 5.09 Å². The van der Waals surface area contributed by atoms with Gasteiger partial charge in [-0.15, -0.1) is 0 Å². The van der Waals surface area contributed by atoms with E-state index >= 15 is 0 Å². The first-order valence-electron chi connectivity index (χ1n) is 7.24. The van der Waals surface area contributed by atoms with Gasteiger partial charge in [-0.25, -0.2) is 8.42 Å². The molecule has 0 bridgehead atoms. The minimum Gasteiger partial charge on any atom is -0.447 e. The molecular formula is C14H24N2O3S. The van der Waals surface area contributed by atoms with Gasteiger partial charge in [0.15, 0.2) is 0 Å². The number of nitrogens with one attached hydrogen (secondary N) is 1. The van der Waals surface area contributed by atoms with Crippen molar-refractivity contribution in [2.75, 3.05) is 19.6 Å². The predicted octanol–water partition coefficient (Wildman–Crippen LogP) is 2.06. The Hall–Kier alpha value is -0.850. The van der Waals surface area contributed by atoms with Crippen LogP contribution in [0.2, 0.25) is 0 Å². The standard InChI is InChI=1S/C14H24N2O3S/c1-4-7-15-8-13-5-6-14(19-13)20(17,18)16-9-11(2)12(3)10-16/h5-6,11-12,15H,4,7-10H2,1-3H3. The number of furan rings is 1. The van der Waals surface area contributed by atoms with Crippen LogP contribution in [0, 0.1) is 11.8 Å². The second kappa shape index (κ2) is 6.28. The topological polar surface area (TPSA) is 62.6 Å². The highest BCUT2D eigenvalue weighted by molar-refractivity contribution is 7.89. The second-order valence-electron chi connectivity index (χ2n) is 5.67. The second-order valence-corrected chi connectivity index (χ2v) is 7.54. The van der Waals surface area contributed by atoms with Crippen LogP contribution in [0.1, 0.15) is 33.0 Å². The third-order valence-corrected chi connectivity index (χ3v) is 5.62. The zero-order valence-electron chi connectivity index (χ0n) is 12.4. The van der Waals surface area contributed by atoms with Gasteiger partial charge in [0.2, 0.25) is 5.09 Å². The maximum absolute atomic E-state index is 12.5. The monoisotopic (exact) mass is 300 g/mol. The summed E-state index contributed by atoms with van der Waals surface area (Å²) < 4.78 is 32.0. The Bertz CT molecular complexity index is 528. The summed E-state index contributed by atoms with van der Waals surface area (Å²) in [6.45, 7) is 8.87. The Kier molecular flexibility index (Phi) is 4.88. The maximum atomic E-state index is 12.5. The molecule has 6 heteroatoms. The summed E-state index contributed by atoms with van der Waals surface area (Å²) in [5.41, 5.74) is 0. The lowest BCUT2D eigenvalue weighted by molar-refractivity contribution is 0.378. The molecule has 114 valence electrons. The molecule has 1 N–H and O–H groups in total. The van der Waals surface area contributed by atoms with Crippen LogP contribution in [0.25, 0.3) is 0 Å². The van der Waals surface area contributed by atoms with Crippen molar-refractivity contribution in [3.05, 3.63) is 17.9 Å². The van der Waals surface area contributed by atoms with Gasteiger partial charge in [0, 0.05) is 13.1 Å². The lowest BCUT2D eigenvalue weighted by Gasteiger charge is -2.13. The van der Waals surface area contributed by atoms with Crippen LogP contribution in [0.5, 0.6) is 0 Å². The van der Waals surface area contributed by atoms with Gasteiger partial charge in [0.25, 0.3) is 10.0 Å². The third kappa shape index (κ3) is 3.24. The van der Waals surface area contributed by atoms with Crippen molar-refractivity contribution in [1.29, 1.82) is 0 Å². The van der Waals surface area contributed by atoms with Crippen molar-refractivity contribution < 1.29 is 12.8 Å². The number of hydrogen-bond donors (Lipinski definition) is 1. The van der Waals surface area contributed by atoms with Gasteiger partial charge >= 0.3 is 0 Å². The minimum absolute atomic E-state index is 0.0621. The molecule has 0 saturated carbocycles. The Balaban J connectivity index is 2.07. The van der Waals surface area contributed by atoms with E-state index < -0.39 is 10.0 Å². The SMILES string of the molecule is CCCNCc1ccc(S(=O)(=O)N2CC(C)C(C)C2)o1. The highest BCUT2D eigenvalue weighted by Gasteiger charge is 2.36. The Labute approximate surface area is 121 Å². The van der Waals surface area contributed by atoms with Crippen molar-refractivity contribution in [1.82, 2.24) is 9.62 Å². The molecule has 0 radical (unpaired) electrons. The van der Waals surface area contributed by atoms with Crippen LogP contribution in [-0.4, -0.2) is 32.4 Å². The molecule has 1 aliphatic heterocycles. The summed E-state index contributed by atoms with van der Waals surface area (Å²) >= 11 is 0. The fourth-order valence-electron chi connectivity index (χ4n) is 2.38. The van der Waals surface area contributed by atoms with Gasteiger partial charge in [0.05, 0.1) is 6.54 Å². The molecule has 0 spiro atoms. The van der Waals surface area contributed by atoms with Crippen LogP contribution in [0.4, 0.5) is 0 Å². The van der Waals surface area contributed by atoms with Crippen LogP contribution in [-0.2, 0) is 16.6 Å². The van der Waals surface area contributed by atoms with E-state index in [9.17, 15) is 8.42 Å². The van der Waals surface area contributed by atoms with Crippen LogP contribution < -0.4 is 5.32 Å². The molecule has 2 rings (SSSR count). The summed E-state index contributed by atoms with van der Waals surface area (Å²) in [6, 6.07) is 3.30. The number of rotatable bonds is 6. The summed E-state index contributed by atoms with van der Waals surface area (Å²) in [4.78, 5) is 0. The van der Waals surface area contributed by atoms with Crippen LogP contribution >= 0.6 is 0 Å². The van der Waals surface area contributed by atoms with Crippen molar-refractivity contribution in [2.45, 2.75) is 38.8 Å². The lowest BCUT2D eigenvalue weighted by atomic mass is 10.0. The Morgan fingerprint density at radius 1 is 1.30 bits per heavy atom. The highest BCUT2D eigenvalue weighted by Crippen LogP contribution is 2.28. The van der Waals surface area contributed by atoms with Crippen molar-refractivity contribution in [3.63, 3.8) is 0 Å². The number of nitrogens with zero attached hydrogens (tertiary/aromatic N) is 1.